The number of aryl methyl sites for hydroxylation is 1. The van der Waals surface area contributed by atoms with E-state index in [1.807, 2.05) is 37.3 Å². The highest BCUT2D eigenvalue weighted by Gasteiger charge is 2.33. The lowest BCUT2D eigenvalue weighted by molar-refractivity contribution is -0.122. The predicted octanol–water partition coefficient (Wildman–Crippen LogP) is 4.35. The van der Waals surface area contributed by atoms with Gasteiger partial charge in [0.05, 0.1) is 17.0 Å². The molecule has 1 amide bonds. The van der Waals surface area contributed by atoms with Crippen LogP contribution in [-0.2, 0) is 11.3 Å². The molecule has 1 fully saturated rings. The number of thioether (sulfide) groups is 1. The molecular weight excluding hydrogens is 484 g/mol. The summed E-state index contributed by atoms with van der Waals surface area (Å²) in [5.74, 6) is 1.55. The third-order valence-corrected chi connectivity index (χ3v) is 7.13. The molecule has 0 radical (unpaired) electrons. The van der Waals surface area contributed by atoms with Crippen LogP contribution in [0.4, 0.5) is 5.82 Å². The molecular formula is C25H24N4O4S2. The molecule has 35 heavy (non-hydrogen) atoms. The van der Waals surface area contributed by atoms with Crippen molar-refractivity contribution in [1.29, 1.82) is 0 Å². The summed E-state index contributed by atoms with van der Waals surface area (Å²) in [6.45, 7) is 5.18. The van der Waals surface area contributed by atoms with Gasteiger partial charge in [-0.2, -0.15) is 0 Å². The van der Waals surface area contributed by atoms with Crippen LogP contribution >= 0.6 is 24.0 Å². The quantitative estimate of drug-likeness (QED) is 0.287. The molecule has 10 heteroatoms. The van der Waals surface area contributed by atoms with Crippen molar-refractivity contribution in [3.63, 3.8) is 0 Å². The second-order valence-corrected chi connectivity index (χ2v) is 10.0. The summed E-state index contributed by atoms with van der Waals surface area (Å²) in [6, 6.07) is 9.29. The number of hydrogen-bond acceptors (Lipinski definition) is 8. The van der Waals surface area contributed by atoms with E-state index in [4.69, 9.17) is 21.7 Å². The maximum absolute atomic E-state index is 13.4. The Bertz CT molecular complexity index is 1430. The molecule has 1 aromatic carbocycles. The van der Waals surface area contributed by atoms with Gasteiger partial charge < -0.3 is 14.8 Å². The van der Waals surface area contributed by atoms with Crippen LogP contribution in [0, 0.1) is 6.92 Å². The topological polar surface area (TPSA) is 85.2 Å². The Balaban J connectivity index is 1.48. The minimum absolute atomic E-state index is 0.187. The fraction of sp³-hybridized carbons (Fsp3) is 0.280. The molecule has 2 aliphatic rings. The fourth-order valence-electron chi connectivity index (χ4n) is 3.90. The molecule has 0 unspecified atom stereocenters. The van der Waals surface area contributed by atoms with E-state index in [1.165, 1.54) is 21.1 Å². The van der Waals surface area contributed by atoms with Crippen LogP contribution in [0.15, 0.2) is 46.2 Å². The molecule has 0 bridgehead atoms. The largest absolute Gasteiger partial charge is 0.454 e. The van der Waals surface area contributed by atoms with Crippen LogP contribution in [0.2, 0.25) is 0 Å². The van der Waals surface area contributed by atoms with Gasteiger partial charge in [-0.25, -0.2) is 4.98 Å². The maximum atomic E-state index is 13.4. The minimum Gasteiger partial charge on any atom is -0.454 e. The van der Waals surface area contributed by atoms with Gasteiger partial charge >= 0.3 is 0 Å². The van der Waals surface area contributed by atoms with Gasteiger partial charge in [0.25, 0.3) is 11.5 Å². The van der Waals surface area contributed by atoms with Gasteiger partial charge in [-0.05, 0) is 48.7 Å². The molecule has 5 rings (SSSR count). The second kappa shape index (κ2) is 9.71. The zero-order chi connectivity index (χ0) is 24.5. The number of carbonyl (C=O) groups excluding carboxylic acids is 1. The first kappa shape index (κ1) is 23.4. The Labute approximate surface area is 211 Å². The van der Waals surface area contributed by atoms with Gasteiger partial charge in [0.2, 0.25) is 6.79 Å². The van der Waals surface area contributed by atoms with Crippen molar-refractivity contribution in [3.8, 4) is 11.5 Å². The first-order valence-corrected chi connectivity index (χ1v) is 12.6. The number of carbonyl (C=O) groups is 1. The number of amides is 1. The number of pyridine rings is 1. The molecule has 2 aromatic heterocycles. The van der Waals surface area contributed by atoms with Gasteiger partial charge in [0.1, 0.15) is 15.8 Å². The van der Waals surface area contributed by atoms with Crippen molar-refractivity contribution in [2.45, 2.75) is 33.2 Å². The SMILES string of the molecule is CCCCNc1nc2ccc(C)cn2c(=O)c1/C=C1/SC(=S)N(Cc2ccc3c(c2)OCO3)C1=O. The average molecular weight is 509 g/mol. The lowest BCUT2D eigenvalue weighted by atomic mass is 10.2. The van der Waals surface area contributed by atoms with Crippen LogP contribution < -0.4 is 20.3 Å². The molecule has 0 atom stereocenters. The highest BCUT2D eigenvalue weighted by Crippen LogP contribution is 2.36. The number of anilines is 1. The number of nitrogens with one attached hydrogen (secondary N) is 1. The number of rotatable bonds is 7. The molecule has 4 heterocycles. The monoisotopic (exact) mass is 508 g/mol. The normalized spacial score (nSPS) is 16.1. The van der Waals surface area contributed by atoms with E-state index >= 15 is 0 Å². The van der Waals surface area contributed by atoms with Crippen molar-refractivity contribution >= 4 is 51.7 Å². The van der Waals surface area contributed by atoms with Gasteiger partial charge in [-0.3, -0.25) is 18.9 Å². The van der Waals surface area contributed by atoms with Crippen LogP contribution in [0.5, 0.6) is 11.5 Å². The lowest BCUT2D eigenvalue weighted by Gasteiger charge is -2.15. The summed E-state index contributed by atoms with van der Waals surface area (Å²) >= 11 is 6.70. The van der Waals surface area contributed by atoms with Gasteiger partial charge in [-0.1, -0.05) is 49.5 Å². The van der Waals surface area contributed by atoms with Crippen molar-refractivity contribution in [2.75, 3.05) is 18.7 Å². The van der Waals surface area contributed by atoms with Crippen molar-refractivity contribution in [3.05, 3.63) is 68.5 Å². The second-order valence-electron chi connectivity index (χ2n) is 8.35. The average Bonchev–Trinajstić information content (AvgIpc) is 3.41. The van der Waals surface area contributed by atoms with Crippen LogP contribution in [0.3, 0.4) is 0 Å². The van der Waals surface area contributed by atoms with Crippen molar-refractivity contribution in [2.24, 2.45) is 0 Å². The van der Waals surface area contributed by atoms with Gasteiger partial charge in [-0.15, -0.1) is 0 Å². The van der Waals surface area contributed by atoms with Crippen molar-refractivity contribution in [1.82, 2.24) is 14.3 Å². The number of nitrogens with zero attached hydrogens (tertiary/aromatic N) is 3. The summed E-state index contributed by atoms with van der Waals surface area (Å²) < 4.78 is 12.7. The first-order valence-electron chi connectivity index (χ1n) is 11.4. The van der Waals surface area contributed by atoms with E-state index in [0.717, 1.165) is 24.0 Å². The van der Waals surface area contributed by atoms with E-state index in [9.17, 15) is 9.59 Å². The molecule has 1 saturated heterocycles. The Morgan fingerprint density at radius 2 is 2.03 bits per heavy atom. The smallest absolute Gasteiger partial charge is 0.267 e. The molecule has 180 valence electrons. The standard InChI is InChI=1S/C25H24N4O4S2/c1-3-4-9-26-22-17(23(30)28-12-15(2)5-8-21(28)27-22)11-20-24(31)29(25(34)35-20)13-16-6-7-18-19(10-16)33-14-32-18/h5-8,10-12,26H,3-4,9,13-14H2,1-2H3/b20-11+. The summed E-state index contributed by atoms with van der Waals surface area (Å²) in [6.07, 6.45) is 5.30. The zero-order valence-electron chi connectivity index (χ0n) is 19.4. The zero-order valence-corrected chi connectivity index (χ0v) is 21.0. The highest BCUT2D eigenvalue weighted by molar-refractivity contribution is 8.26. The van der Waals surface area contributed by atoms with E-state index in [-0.39, 0.29) is 18.3 Å². The fourth-order valence-corrected chi connectivity index (χ4v) is 5.13. The number of aromatic nitrogens is 2. The molecule has 0 spiro atoms. The minimum atomic E-state index is -0.245. The van der Waals surface area contributed by atoms with Crippen LogP contribution in [0.1, 0.15) is 36.5 Å². The summed E-state index contributed by atoms with van der Waals surface area (Å²) in [7, 11) is 0. The number of thiocarbonyl (C=S) groups is 1. The number of benzene rings is 1. The Hall–Kier alpha value is -3.37. The van der Waals surface area contributed by atoms with Crippen LogP contribution in [0.25, 0.3) is 11.7 Å². The molecule has 0 saturated carbocycles. The highest BCUT2D eigenvalue weighted by atomic mass is 32.2. The number of hydrogen-bond donors (Lipinski definition) is 1. The summed E-state index contributed by atoms with van der Waals surface area (Å²) in [4.78, 5) is 33.3. The molecule has 3 aromatic rings. The predicted molar refractivity (Wildman–Crippen MR) is 141 cm³/mol. The Kier molecular flexibility index (Phi) is 6.48. The van der Waals surface area contributed by atoms with Crippen LogP contribution in [-0.4, -0.2) is 37.8 Å². The van der Waals surface area contributed by atoms with Gasteiger partial charge in [0, 0.05) is 12.7 Å². The molecule has 0 aliphatic carbocycles. The Morgan fingerprint density at radius 3 is 2.86 bits per heavy atom. The summed E-state index contributed by atoms with van der Waals surface area (Å²) in [5, 5.41) is 3.27. The van der Waals surface area contributed by atoms with E-state index in [2.05, 4.69) is 17.2 Å². The van der Waals surface area contributed by atoms with Gasteiger partial charge in [0.15, 0.2) is 11.5 Å². The van der Waals surface area contributed by atoms with E-state index < -0.39 is 0 Å². The van der Waals surface area contributed by atoms with E-state index in [1.54, 1.807) is 12.3 Å². The number of fused-ring (bicyclic) bond motifs is 2. The maximum Gasteiger partial charge on any atom is 0.267 e. The number of ether oxygens (including phenoxy) is 2. The molecule has 8 nitrogen and oxygen atoms in total. The van der Waals surface area contributed by atoms with Crippen molar-refractivity contribution < 1.29 is 14.3 Å². The lowest BCUT2D eigenvalue weighted by Crippen LogP contribution is -2.27. The molecule has 2 aliphatic heterocycles. The van der Waals surface area contributed by atoms with E-state index in [0.29, 0.717) is 50.8 Å². The third-order valence-electron chi connectivity index (χ3n) is 5.75. The third kappa shape index (κ3) is 4.63. The first-order chi connectivity index (χ1) is 16.9. The number of unbranched alkanes of at least 4 members (excludes halogenated alkanes) is 1. The molecule has 1 N–H and O–H groups in total. The summed E-state index contributed by atoms with van der Waals surface area (Å²) in [5.41, 5.74) is 2.46. The Morgan fingerprint density at radius 1 is 1.20 bits per heavy atom.